The van der Waals surface area contributed by atoms with E-state index in [2.05, 4.69) is 35.8 Å². The Morgan fingerprint density at radius 3 is 2.26 bits per heavy atom. The van der Waals surface area contributed by atoms with Crippen molar-refractivity contribution in [3.05, 3.63) is 84.1 Å². The van der Waals surface area contributed by atoms with Gasteiger partial charge in [-0.05, 0) is 59.7 Å². The van der Waals surface area contributed by atoms with Crippen LogP contribution in [0.25, 0.3) is 22.0 Å². The lowest BCUT2D eigenvalue weighted by Crippen LogP contribution is -2.26. The first kappa shape index (κ1) is 23.2. The SMILES string of the molecule is CC(C)(C)c1ccc(S(=O)(=O)Nc2ccc3[nH]c(C(=O)NC4CC4)c(-c4ccccc4)c3c2)cc1. The molecule has 6 nitrogen and oxygen atoms in total. The minimum atomic E-state index is -3.78. The Balaban J connectivity index is 1.53. The molecule has 1 aromatic heterocycles. The van der Waals surface area contributed by atoms with Gasteiger partial charge in [0.25, 0.3) is 15.9 Å². The van der Waals surface area contributed by atoms with E-state index in [0.29, 0.717) is 11.4 Å². The maximum absolute atomic E-state index is 13.1. The molecule has 1 heterocycles. The van der Waals surface area contributed by atoms with Crippen LogP contribution in [0, 0.1) is 0 Å². The number of carbonyl (C=O) groups is 1. The quantitative estimate of drug-likeness (QED) is 0.320. The molecule has 0 unspecified atom stereocenters. The fourth-order valence-electron chi connectivity index (χ4n) is 4.16. The zero-order valence-corrected chi connectivity index (χ0v) is 20.9. The van der Waals surface area contributed by atoms with Gasteiger partial charge in [0.05, 0.1) is 4.90 Å². The summed E-state index contributed by atoms with van der Waals surface area (Å²) < 4.78 is 28.9. The van der Waals surface area contributed by atoms with E-state index in [1.165, 1.54) is 0 Å². The van der Waals surface area contributed by atoms with Crippen LogP contribution in [-0.4, -0.2) is 25.4 Å². The molecule has 7 heteroatoms. The maximum atomic E-state index is 13.1. The zero-order valence-electron chi connectivity index (χ0n) is 20.1. The fourth-order valence-corrected chi connectivity index (χ4v) is 5.21. The molecule has 0 bridgehead atoms. The highest BCUT2D eigenvalue weighted by Gasteiger charge is 2.27. The molecule has 1 amide bonds. The van der Waals surface area contributed by atoms with Crippen molar-refractivity contribution in [3.8, 4) is 11.1 Å². The van der Waals surface area contributed by atoms with Crippen molar-refractivity contribution in [1.82, 2.24) is 10.3 Å². The number of hydrogen-bond acceptors (Lipinski definition) is 3. The van der Waals surface area contributed by atoms with Crippen LogP contribution in [0.3, 0.4) is 0 Å². The summed E-state index contributed by atoms with van der Waals surface area (Å²) in [6, 6.07) is 22.1. The van der Waals surface area contributed by atoms with Crippen LogP contribution < -0.4 is 10.0 Å². The maximum Gasteiger partial charge on any atom is 0.268 e. The minimum absolute atomic E-state index is 0.0631. The van der Waals surface area contributed by atoms with Gasteiger partial charge in [-0.1, -0.05) is 63.2 Å². The number of aromatic amines is 1. The molecule has 0 aliphatic heterocycles. The van der Waals surface area contributed by atoms with E-state index < -0.39 is 10.0 Å². The first-order chi connectivity index (χ1) is 16.6. The fraction of sp³-hybridized carbons (Fsp3) is 0.250. The number of benzene rings is 3. The summed E-state index contributed by atoms with van der Waals surface area (Å²) >= 11 is 0. The number of anilines is 1. The summed E-state index contributed by atoms with van der Waals surface area (Å²) in [4.78, 5) is 16.5. The molecule has 0 atom stereocenters. The average Bonchev–Trinajstić information content (AvgIpc) is 3.55. The van der Waals surface area contributed by atoms with Crippen molar-refractivity contribution in [2.75, 3.05) is 4.72 Å². The van der Waals surface area contributed by atoms with Gasteiger partial charge >= 0.3 is 0 Å². The third-order valence-corrected chi connectivity index (χ3v) is 7.68. The summed E-state index contributed by atoms with van der Waals surface area (Å²) in [6.07, 6.45) is 1.99. The third kappa shape index (κ3) is 4.82. The van der Waals surface area contributed by atoms with Crippen LogP contribution in [0.15, 0.2) is 77.7 Å². The lowest BCUT2D eigenvalue weighted by molar-refractivity contribution is 0.0947. The molecule has 1 fully saturated rings. The van der Waals surface area contributed by atoms with E-state index in [-0.39, 0.29) is 22.3 Å². The minimum Gasteiger partial charge on any atom is -0.350 e. The first-order valence-electron chi connectivity index (χ1n) is 11.8. The van der Waals surface area contributed by atoms with Crippen molar-refractivity contribution in [3.63, 3.8) is 0 Å². The second-order valence-corrected chi connectivity index (χ2v) is 11.8. The average molecular weight is 488 g/mol. The van der Waals surface area contributed by atoms with Gasteiger partial charge in [0.1, 0.15) is 5.69 Å². The molecule has 35 heavy (non-hydrogen) atoms. The highest BCUT2D eigenvalue weighted by Crippen LogP contribution is 2.35. The second kappa shape index (κ2) is 8.57. The van der Waals surface area contributed by atoms with E-state index in [0.717, 1.165) is 40.4 Å². The zero-order chi connectivity index (χ0) is 24.8. The molecular weight excluding hydrogens is 458 g/mol. The molecule has 3 aromatic carbocycles. The van der Waals surface area contributed by atoms with Crippen molar-refractivity contribution in [2.24, 2.45) is 0 Å². The number of nitrogens with one attached hydrogen (secondary N) is 3. The number of sulfonamides is 1. The molecule has 0 radical (unpaired) electrons. The third-order valence-electron chi connectivity index (χ3n) is 6.28. The Morgan fingerprint density at radius 1 is 0.943 bits per heavy atom. The van der Waals surface area contributed by atoms with Crippen LogP contribution in [0.5, 0.6) is 0 Å². The van der Waals surface area contributed by atoms with Crippen LogP contribution in [0.2, 0.25) is 0 Å². The van der Waals surface area contributed by atoms with Crippen LogP contribution in [0.1, 0.15) is 49.7 Å². The van der Waals surface area contributed by atoms with Gasteiger partial charge in [-0.2, -0.15) is 0 Å². The van der Waals surface area contributed by atoms with Crippen molar-refractivity contribution in [2.45, 2.75) is 50.0 Å². The lowest BCUT2D eigenvalue weighted by Gasteiger charge is -2.19. The molecule has 1 saturated carbocycles. The highest BCUT2D eigenvalue weighted by atomic mass is 32.2. The van der Waals surface area contributed by atoms with Gasteiger partial charge in [0, 0.05) is 28.2 Å². The van der Waals surface area contributed by atoms with Gasteiger partial charge < -0.3 is 10.3 Å². The van der Waals surface area contributed by atoms with Crippen molar-refractivity contribution < 1.29 is 13.2 Å². The van der Waals surface area contributed by atoms with Crippen LogP contribution in [-0.2, 0) is 15.4 Å². The predicted octanol–water partition coefficient (Wildman–Crippen LogP) is 5.83. The van der Waals surface area contributed by atoms with Gasteiger partial charge in [0.15, 0.2) is 0 Å². The number of amides is 1. The molecule has 5 rings (SSSR count). The molecule has 1 aliphatic rings. The van der Waals surface area contributed by atoms with Crippen molar-refractivity contribution in [1.29, 1.82) is 0 Å². The molecule has 3 N–H and O–H groups in total. The Bertz CT molecular complexity index is 1500. The highest BCUT2D eigenvalue weighted by molar-refractivity contribution is 7.92. The van der Waals surface area contributed by atoms with E-state index in [1.54, 1.807) is 30.3 Å². The van der Waals surface area contributed by atoms with E-state index in [4.69, 9.17) is 0 Å². The normalized spacial score (nSPS) is 14.1. The Hall–Kier alpha value is -3.58. The molecule has 1 aliphatic carbocycles. The molecule has 180 valence electrons. The van der Waals surface area contributed by atoms with E-state index >= 15 is 0 Å². The molecular formula is C28H29N3O3S. The summed E-state index contributed by atoms with van der Waals surface area (Å²) in [6.45, 7) is 6.26. The molecule has 4 aromatic rings. The number of H-pyrrole nitrogens is 1. The number of hydrogen-bond donors (Lipinski definition) is 3. The smallest absolute Gasteiger partial charge is 0.268 e. The van der Waals surface area contributed by atoms with Crippen molar-refractivity contribution >= 4 is 32.5 Å². The molecule has 0 saturated heterocycles. The second-order valence-electron chi connectivity index (χ2n) is 10.1. The van der Waals surface area contributed by atoms with Gasteiger partial charge in [-0.15, -0.1) is 0 Å². The summed E-state index contributed by atoms with van der Waals surface area (Å²) in [5, 5.41) is 3.83. The van der Waals surface area contributed by atoms with Gasteiger partial charge in [-0.3, -0.25) is 9.52 Å². The topological polar surface area (TPSA) is 91.1 Å². The van der Waals surface area contributed by atoms with E-state index in [9.17, 15) is 13.2 Å². The van der Waals surface area contributed by atoms with Gasteiger partial charge in [0.2, 0.25) is 0 Å². The van der Waals surface area contributed by atoms with Crippen LogP contribution in [0.4, 0.5) is 5.69 Å². The van der Waals surface area contributed by atoms with E-state index in [1.807, 2.05) is 42.5 Å². The number of fused-ring (bicyclic) bond motifs is 1. The Kier molecular flexibility index (Phi) is 5.68. The molecule has 0 spiro atoms. The number of aromatic nitrogens is 1. The Labute approximate surface area is 205 Å². The van der Waals surface area contributed by atoms with Crippen LogP contribution >= 0.6 is 0 Å². The summed E-state index contributed by atoms with van der Waals surface area (Å²) in [5.74, 6) is -0.149. The summed E-state index contributed by atoms with van der Waals surface area (Å²) in [7, 11) is -3.78. The summed E-state index contributed by atoms with van der Waals surface area (Å²) in [5.41, 5.74) is 4.33. The van der Waals surface area contributed by atoms with Gasteiger partial charge in [-0.25, -0.2) is 8.42 Å². The monoisotopic (exact) mass is 487 g/mol. The Morgan fingerprint density at radius 2 is 1.63 bits per heavy atom. The number of rotatable bonds is 6. The number of carbonyl (C=O) groups excluding carboxylic acids is 1. The predicted molar refractivity (Wildman–Crippen MR) is 140 cm³/mol. The largest absolute Gasteiger partial charge is 0.350 e. The standard InChI is InChI=1S/C28H29N3O3S/c1-28(2,3)19-9-14-22(15-10-19)35(33,34)31-21-13-16-24-23(17-21)25(18-7-5-4-6-8-18)26(30-24)27(32)29-20-11-12-20/h4-10,13-17,20,30-31H,11-12H2,1-3H3,(H,29,32). The lowest BCUT2D eigenvalue weighted by atomic mass is 9.87. The first-order valence-corrected chi connectivity index (χ1v) is 13.3.